The van der Waals surface area contributed by atoms with E-state index in [0.29, 0.717) is 11.9 Å². The summed E-state index contributed by atoms with van der Waals surface area (Å²) in [6, 6.07) is 4.40. The molecule has 1 aliphatic carbocycles. The van der Waals surface area contributed by atoms with Crippen molar-refractivity contribution in [1.82, 2.24) is 9.88 Å². The summed E-state index contributed by atoms with van der Waals surface area (Å²) in [7, 11) is 0. The maximum atomic E-state index is 12.5. The number of likely N-dealkylation sites (tertiary alicyclic amines) is 1. The third-order valence-electron chi connectivity index (χ3n) is 4.72. The van der Waals surface area contributed by atoms with Gasteiger partial charge < -0.3 is 10.2 Å². The second-order valence-electron chi connectivity index (χ2n) is 6.47. The fourth-order valence-corrected chi connectivity index (χ4v) is 3.51. The zero-order valence-electron chi connectivity index (χ0n) is 12.8. The molecule has 0 radical (unpaired) electrons. The lowest BCUT2D eigenvalue weighted by Crippen LogP contribution is -2.36. The van der Waals surface area contributed by atoms with Crippen molar-refractivity contribution in [3.63, 3.8) is 0 Å². The van der Waals surface area contributed by atoms with Crippen LogP contribution in [-0.4, -0.2) is 34.9 Å². The summed E-state index contributed by atoms with van der Waals surface area (Å²) in [5.41, 5.74) is 1.21. The fourth-order valence-electron chi connectivity index (χ4n) is 3.51. The summed E-state index contributed by atoms with van der Waals surface area (Å²) in [5.74, 6) is 1.60. The smallest absolute Gasteiger partial charge is 0.225 e. The molecule has 1 saturated carbocycles. The van der Waals surface area contributed by atoms with Crippen LogP contribution in [0.3, 0.4) is 0 Å². The molecule has 1 aromatic heterocycles. The van der Waals surface area contributed by atoms with Gasteiger partial charge in [0.05, 0.1) is 0 Å². The topological polar surface area (TPSA) is 45.2 Å². The van der Waals surface area contributed by atoms with Gasteiger partial charge in [0.15, 0.2) is 0 Å². The number of carbonyl (C=O) groups excluding carboxylic acids is 1. The molecule has 0 spiro atoms. The lowest BCUT2D eigenvalue weighted by Gasteiger charge is -2.26. The Morgan fingerprint density at radius 2 is 2.10 bits per heavy atom. The Morgan fingerprint density at radius 1 is 1.29 bits per heavy atom. The van der Waals surface area contributed by atoms with Crippen LogP contribution in [0.1, 0.15) is 44.1 Å². The van der Waals surface area contributed by atoms with Gasteiger partial charge in [-0.05, 0) is 43.9 Å². The van der Waals surface area contributed by atoms with Crippen molar-refractivity contribution in [1.29, 1.82) is 0 Å². The van der Waals surface area contributed by atoms with Gasteiger partial charge in [0.25, 0.3) is 0 Å². The number of carbonyl (C=O) groups is 1. The molecule has 2 heterocycles. The quantitative estimate of drug-likeness (QED) is 0.929. The van der Waals surface area contributed by atoms with Crippen molar-refractivity contribution < 1.29 is 4.79 Å². The molecule has 2 fully saturated rings. The third kappa shape index (κ3) is 3.55. The highest BCUT2D eigenvalue weighted by atomic mass is 16.2. The lowest BCUT2D eigenvalue weighted by atomic mass is 9.88. The maximum absolute atomic E-state index is 12.5. The number of rotatable bonds is 3. The Bertz CT molecular complexity index is 497. The van der Waals surface area contributed by atoms with Crippen LogP contribution < -0.4 is 5.32 Å². The van der Waals surface area contributed by atoms with Gasteiger partial charge >= 0.3 is 0 Å². The van der Waals surface area contributed by atoms with Crippen LogP contribution in [0, 0.1) is 12.8 Å². The Labute approximate surface area is 126 Å². The first-order valence-electron chi connectivity index (χ1n) is 8.20. The van der Waals surface area contributed by atoms with Gasteiger partial charge in [-0.25, -0.2) is 4.98 Å². The number of hydrogen-bond acceptors (Lipinski definition) is 3. The van der Waals surface area contributed by atoms with Gasteiger partial charge in [-0.15, -0.1) is 0 Å². The van der Waals surface area contributed by atoms with Gasteiger partial charge in [0, 0.05) is 31.2 Å². The zero-order valence-corrected chi connectivity index (χ0v) is 12.8. The Kier molecular flexibility index (Phi) is 4.42. The molecular formula is C17H25N3O. The third-order valence-corrected chi connectivity index (χ3v) is 4.72. The molecule has 1 saturated heterocycles. The Hall–Kier alpha value is -1.58. The number of pyridine rings is 1. The van der Waals surface area contributed by atoms with Crippen LogP contribution >= 0.6 is 0 Å². The van der Waals surface area contributed by atoms with Gasteiger partial charge in [-0.3, -0.25) is 4.79 Å². The molecule has 114 valence electrons. The molecule has 1 aromatic rings. The number of aryl methyl sites for hydroxylation is 1. The standard InChI is InChI=1S/C17H25N3O/c1-13-7-9-18-16(11-13)19-15-8-10-20(12-15)17(21)14-5-3-2-4-6-14/h7,9,11,14-15H,2-6,8,10,12H2,1H3,(H,18,19). The number of amides is 1. The number of hydrogen-bond donors (Lipinski definition) is 1. The van der Waals surface area contributed by atoms with Crippen molar-refractivity contribution in [2.75, 3.05) is 18.4 Å². The van der Waals surface area contributed by atoms with E-state index < -0.39 is 0 Å². The van der Waals surface area contributed by atoms with Gasteiger partial charge in [-0.2, -0.15) is 0 Å². The highest BCUT2D eigenvalue weighted by molar-refractivity contribution is 5.79. The lowest BCUT2D eigenvalue weighted by molar-refractivity contribution is -0.135. The molecule has 1 N–H and O–H groups in total. The van der Waals surface area contributed by atoms with Crippen molar-refractivity contribution in [3.8, 4) is 0 Å². The molecule has 1 amide bonds. The summed E-state index contributed by atoms with van der Waals surface area (Å²) in [6.07, 6.45) is 8.77. The number of aromatic nitrogens is 1. The van der Waals surface area contributed by atoms with Gasteiger partial charge in [-0.1, -0.05) is 19.3 Å². The molecule has 1 atom stereocenters. The van der Waals surface area contributed by atoms with Crippen LogP contribution in [0.25, 0.3) is 0 Å². The molecule has 4 nitrogen and oxygen atoms in total. The zero-order chi connectivity index (χ0) is 14.7. The minimum Gasteiger partial charge on any atom is -0.365 e. The van der Waals surface area contributed by atoms with E-state index in [1.165, 1.54) is 24.8 Å². The number of nitrogens with one attached hydrogen (secondary N) is 1. The van der Waals surface area contributed by atoms with Crippen LogP contribution in [0.4, 0.5) is 5.82 Å². The van der Waals surface area contributed by atoms with Crippen molar-refractivity contribution in [2.24, 2.45) is 5.92 Å². The van der Waals surface area contributed by atoms with Crippen LogP contribution in [0.5, 0.6) is 0 Å². The molecule has 2 aliphatic rings. The van der Waals surface area contributed by atoms with Crippen molar-refractivity contribution in [3.05, 3.63) is 23.9 Å². The molecule has 0 bridgehead atoms. The summed E-state index contributed by atoms with van der Waals surface area (Å²) in [5, 5.41) is 3.46. The Morgan fingerprint density at radius 3 is 2.86 bits per heavy atom. The predicted molar refractivity (Wildman–Crippen MR) is 84.2 cm³/mol. The molecule has 4 heteroatoms. The van der Waals surface area contributed by atoms with E-state index in [2.05, 4.69) is 28.2 Å². The second kappa shape index (κ2) is 6.46. The first-order chi connectivity index (χ1) is 10.2. The average molecular weight is 287 g/mol. The predicted octanol–water partition coefficient (Wildman–Crippen LogP) is 2.98. The monoisotopic (exact) mass is 287 g/mol. The highest BCUT2D eigenvalue weighted by Crippen LogP contribution is 2.27. The fraction of sp³-hybridized carbons (Fsp3) is 0.647. The average Bonchev–Trinajstić information content (AvgIpc) is 2.96. The van der Waals surface area contributed by atoms with Gasteiger partial charge in [0.1, 0.15) is 5.82 Å². The van der Waals surface area contributed by atoms with Crippen molar-refractivity contribution in [2.45, 2.75) is 51.5 Å². The van der Waals surface area contributed by atoms with Crippen LogP contribution in [0.2, 0.25) is 0 Å². The molecule has 21 heavy (non-hydrogen) atoms. The van der Waals surface area contributed by atoms with E-state index >= 15 is 0 Å². The number of anilines is 1. The van der Waals surface area contributed by atoms with Crippen LogP contribution in [-0.2, 0) is 4.79 Å². The van der Waals surface area contributed by atoms with E-state index in [4.69, 9.17) is 0 Å². The minimum absolute atomic E-state index is 0.287. The largest absolute Gasteiger partial charge is 0.365 e. The molecular weight excluding hydrogens is 262 g/mol. The van der Waals surface area contributed by atoms with E-state index in [9.17, 15) is 4.79 Å². The van der Waals surface area contributed by atoms with Crippen molar-refractivity contribution >= 4 is 11.7 Å². The molecule has 0 aromatic carbocycles. The second-order valence-corrected chi connectivity index (χ2v) is 6.47. The highest BCUT2D eigenvalue weighted by Gasteiger charge is 2.31. The van der Waals surface area contributed by atoms with E-state index in [-0.39, 0.29) is 5.92 Å². The SMILES string of the molecule is Cc1ccnc(NC2CCN(C(=O)C3CCCCC3)C2)c1. The van der Waals surface area contributed by atoms with E-state index in [1.807, 2.05) is 12.3 Å². The van der Waals surface area contributed by atoms with E-state index in [1.54, 1.807) is 0 Å². The Balaban J connectivity index is 1.54. The number of nitrogens with zero attached hydrogens (tertiary/aromatic N) is 2. The minimum atomic E-state index is 0.287. The molecule has 1 unspecified atom stereocenters. The molecule has 1 aliphatic heterocycles. The summed E-state index contributed by atoms with van der Waals surface area (Å²) in [4.78, 5) is 18.9. The summed E-state index contributed by atoms with van der Waals surface area (Å²) >= 11 is 0. The molecule has 3 rings (SSSR count). The normalized spacial score (nSPS) is 23.3. The maximum Gasteiger partial charge on any atom is 0.225 e. The van der Waals surface area contributed by atoms with Gasteiger partial charge in [0.2, 0.25) is 5.91 Å². The van der Waals surface area contributed by atoms with Crippen LogP contribution in [0.15, 0.2) is 18.3 Å². The first-order valence-corrected chi connectivity index (χ1v) is 8.20. The summed E-state index contributed by atoms with van der Waals surface area (Å²) in [6.45, 7) is 3.78. The van der Waals surface area contributed by atoms with E-state index in [0.717, 1.165) is 38.2 Å². The first kappa shape index (κ1) is 14.4. The summed E-state index contributed by atoms with van der Waals surface area (Å²) < 4.78 is 0.